The quantitative estimate of drug-likeness (QED) is 0.519. The average molecular weight is 421 g/mol. The number of aryl methyl sites for hydroxylation is 1. The second kappa shape index (κ2) is 7.62. The lowest BCUT2D eigenvalue weighted by Gasteiger charge is -2.31. The number of anilines is 1. The molecular weight excluding hydrogens is 398 g/mol. The Morgan fingerprint density at radius 1 is 1.23 bits per heavy atom. The third-order valence-electron chi connectivity index (χ3n) is 5.64. The zero-order chi connectivity index (χ0) is 21.5. The van der Waals surface area contributed by atoms with Crippen LogP contribution in [-0.2, 0) is 13.1 Å². The van der Waals surface area contributed by atoms with Crippen molar-refractivity contribution in [3.05, 3.63) is 57.1 Å². The first-order chi connectivity index (χ1) is 15.0. The Hall–Kier alpha value is -3.53. The zero-order valence-electron chi connectivity index (χ0n) is 17.2. The summed E-state index contributed by atoms with van der Waals surface area (Å²) in [7, 11) is 0. The molecule has 1 saturated heterocycles. The molecule has 3 aromatic heterocycles. The van der Waals surface area contributed by atoms with Gasteiger partial charge < -0.3 is 19.6 Å². The molecule has 0 bridgehead atoms. The van der Waals surface area contributed by atoms with Crippen LogP contribution in [0.3, 0.4) is 0 Å². The number of piperidine rings is 1. The number of aromatic nitrogens is 5. The van der Waals surface area contributed by atoms with E-state index in [4.69, 9.17) is 10.2 Å². The molecule has 1 atom stereocenters. The first-order valence-corrected chi connectivity index (χ1v) is 10.4. The molecule has 10 heteroatoms. The molecule has 1 aliphatic heterocycles. The average Bonchev–Trinajstić information content (AvgIpc) is 3.15. The number of hydrogen-bond donors (Lipinski definition) is 1. The van der Waals surface area contributed by atoms with Gasteiger partial charge in [0.1, 0.15) is 23.2 Å². The van der Waals surface area contributed by atoms with E-state index in [0.717, 1.165) is 25.3 Å². The van der Waals surface area contributed by atoms with Crippen LogP contribution in [0.4, 0.5) is 5.95 Å². The van der Waals surface area contributed by atoms with Crippen molar-refractivity contribution in [3.8, 4) is 0 Å². The van der Waals surface area contributed by atoms with Crippen molar-refractivity contribution >= 4 is 28.0 Å². The van der Waals surface area contributed by atoms with E-state index < -0.39 is 5.56 Å². The van der Waals surface area contributed by atoms with Gasteiger partial charge >= 0.3 is 0 Å². The fourth-order valence-electron chi connectivity index (χ4n) is 4.17. The van der Waals surface area contributed by atoms with E-state index in [9.17, 15) is 9.59 Å². The highest BCUT2D eigenvalue weighted by molar-refractivity contribution is 5.77. The van der Waals surface area contributed by atoms with Gasteiger partial charge in [-0.15, -0.1) is 0 Å². The van der Waals surface area contributed by atoms with Crippen LogP contribution in [0.15, 0.2) is 44.5 Å². The Bertz CT molecular complexity index is 1390. The predicted molar refractivity (Wildman–Crippen MR) is 116 cm³/mol. The Balaban J connectivity index is 1.57. The Labute approximate surface area is 176 Å². The summed E-state index contributed by atoms with van der Waals surface area (Å²) in [5.41, 5.74) is 6.86. The fraction of sp³-hybridized carbons (Fsp3) is 0.381. The third-order valence-corrected chi connectivity index (χ3v) is 5.64. The highest BCUT2D eigenvalue weighted by Crippen LogP contribution is 2.23. The minimum atomic E-state index is -0.395. The van der Waals surface area contributed by atoms with Gasteiger partial charge in [0.15, 0.2) is 0 Å². The summed E-state index contributed by atoms with van der Waals surface area (Å²) in [5, 5.41) is 4.64. The van der Waals surface area contributed by atoms with Crippen LogP contribution in [0.25, 0.3) is 22.0 Å². The summed E-state index contributed by atoms with van der Waals surface area (Å²) in [6, 6.07) is 6.97. The number of nitrogens with zero attached hydrogens (tertiary/aromatic N) is 6. The minimum Gasteiger partial charge on any atom is -0.440 e. The second-order valence-electron chi connectivity index (χ2n) is 7.75. The molecule has 0 radical (unpaired) electrons. The Morgan fingerprint density at radius 2 is 2.06 bits per heavy atom. The molecule has 1 fully saturated rings. The molecule has 4 heterocycles. The Morgan fingerprint density at radius 3 is 2.87 bits per heavy atom. The fourth-order valence-corrected chi connectivity index (χ4v) is 4.17. The Kier molecular flexibility index (Phi) is 4.78. The van der Waals surface area contributed by atoms with Crippen molar-refractivity contribution in [2.75, 3.05) is 18.0 Å². The first kappa shape index (κ1) is 19.4. The number of benzene rings is 1. The SMILES string of the molecule is CCn1c(N2CCCC(N)C2)nc2cnn(Cc3nc(=O)c4ccccc4o3)c(=O)c21. The second-order valence-corrected chi connectivity index (χ2v) is 7.75. The van der Waals surface area contributed by atoms with Crippen molar-refractivity contribution in [1.29, 1.82) is 0 Å². The molecule has 0 amide bonds. The van der Waals surface area contributed by atoms with E-state index >= 15 is 0 Å². The van der Waals surface area contributed by atoms with Gasteiger partial charge in [0.25, 0.3) is 11.1 Å². The van der Waals surface area contributed by atoms with Gasteiger partial charge in [0.2, 0.25) is 11.8 Å². The number of fused-ring (bicyclic) bond motifs is 2. The maximum atomic E-state index is 13.3. The van der Waals surface area contributed by atoms with E-state index in [1.165, 1.54) is 4.68 Å². The lowest BCUT2D eigenvalue weighted by molar-refractivity contribution is 0.463. The van der Waals surface area contributed by atoms with Gasteiger partial charge in [-0.25, -0.2) is 9.67 Å². The van der Waals surface area contributed by atoms with E-state index in [-0.39, 0.29) is 24.0 Å². The number of para-hydroxylation sites is 1. The molecule has 0 aliphatic carbocycles. The van der Waals surface area contributed by atoms with Crippen molar-refractivity contribution in [2.24, 2.45) is 5.73 Å². The standard InChI is InChI=1S/C21H23N7O3/c1-2-27-18-15(24-21(27)26-9-5-6-13(22)11-26)10-23-28(20(18)30)12-17-25-19(29)14-7-3-4-8-16(14)31-17/h3-4,7-8,10,13H,2,5-6,9,11-12,22H2,1H3. The van der Waals surface area contributed by atoms with Crippen molar-refractivity contribution in [1.82, 2.24) is 24.3 Å². The monoisotopic (exact) mass is 421 g/mol. The van der Waals surface area contributed by atoms with Crippen molar-refractivity contribution in [3.63, 3.8) is 0 Å². The molecule has 2 N–H and O–H groups in total. The highest BCUT2D eigenvalue weighted by atomic mass is 16.3. The third kappa shape index (κ3) is 3.38. The lowest BCUT2D eigenvalue weighted by atomic mass is 10.1. The van der Waals surface area contributed by atoms with Crippen LogP contribution in [0.5, 0.6) is 0 Å². The maximum Gasteiger partial charge on any atom is 0.293 e. The molecule has 10 nitrogen and oxygen atoms in total. The summed E-state index contributed by atoms with van der Waals surface area (Å²) in [6.45, 7) is 4.07. The van der Waals surface area contributed by atoms with Crippen LogP contribution in [-0.4, -0.2) is 43.4 Å². The first-order valence-electron chi connectivity index (χ1n) is 10.4. The molecule has 0 spiro atoms. The molecule has 0 saturated carbocycles. The minimum absolute atomic E-state index is 0.0480. The van der Waals surface area contributed by atoms with Gasteiger partial charge in [0.05, 0.1) is 11.6 Å². The van der Waals surface area contributed by atoms with Gasteiger partial charge in [-0.2, -0.15) is 10.1 Å². The van der Waals surface area contributed by atoms with Crippen LogP contribution in [0.2, 0.25) is 0 Å². The number of hydrogen-bond acceptors (Lipinski definition) is 8. The zero-order valence-corrected chi connectivity index (χ0v) is 17.2. The van der Waals surface area contributed by atoms with Crippen LogP contribution >= 0.6 is 0 Å². The van der Waals surface area contributed by atoms with Gasteiger partial charge in [0, 0.05) is 25.7 Å². The largest absolute Gasteiger partial charge is 0.440 e. The predicted octanol–water partition coefficient (Wildman–Crippen LogP) is 1.09. The van der Waals surface area contributed by atoms with Crippen molar-refractivity contribution < 1.29 is 4.42 Å². The molecule has 31 heavy (non-hydrogen) atoms. The number of nitrogens with two attached hydrogens (primary N) is 1. The number of imidazole rings is 1. The topological polar surface area (TPSA) is 125 Å². The lowest BCUT2D eigenvalue weighted by Crippen LogP contribution is -2.44. The van der Waals surface area contributed by atoms with E-state index in [2.05, 4.69) is 20.0 Å². The van der Waals surface area contributed by atoms with Crippen LogP contribution < -0.4 is 21.8 Å². The summed E-state index contributed by atoms with van der Waals surface area (Å²) < 4.78 is 8.88. The molecule has 5 rings (SSSR count). The molecule has 160 valence electrons. The smallest absolute Gasteiger partial charge is 0.293 e. The van der Waals surface area contributed by atoms with Gasteiger partial charge in [-0.1, -0.05) is 12.1 Å². The van der Waals surface area contributed by atoms with Gasteiger partial charge in [-0.05, 0) is 31.9 Å². The summed E-state index contributed by atoms with van der Waals surface area (Å²) in [5.74, 6) is 0.863. The summed E-state index contributed by atoms with van der Waals surface area (Å²) in [4.78, 5) is 36.3. The van der Waals surface area contributed by atoms with Crippen molar-refractivity contribution in [2.45, 2.75) is 38.9 Å². The molecule has 1 aromatic carbocycles. The van der Waals surface area contributed by atoms with Crippen LogP contribution in [0, 0.1) is 0 Å². The molecule has 1 aliphatic rings. The van der Waals surface area contributed by atoms with E-state index in [1.807, 2.05) is 11.5 Å². The van der Waals surface area contributed by atoms with Gasteiger partial charge in [-0.3, -0.25) is 9.59 Å². The van der Waals surface area contributed by atoms with E-state index in [0.29, 0.717) is 35.1 Å². The van der Waals surface area contributed by atoms with Crippen LogP contribution in [0.1, 0.15) is 25.7 Å². The maximum absolute atomic E-state index is 13.3. The summed E-state index contributed by atoms with van der Waals surface area (Å²) in [6.07, 6.45) is 3.54. The highest BCUT2D eigenvalue weighted by Gasteiger charge is 2.24. The molecule has 4 aromatic rings. The normalized spacial score (nSPS) is 17.0. The molecule has 1 unspecified atom stereocenters. The summed E-state index contributed by atoms with van der Waals surface area (Å²) >= 11 is 0. The molecular formula is C21H23N7O3. The number of rotatable bonds is 4. The van der Waals surface area contributed by atoms with E-state index in [1.54, 1.807) is 30.5 Å².